The van der Waals surface area contributed by atoms with E-state index in [1.54, 1.807) is 24.1 Å². The van der Waals surface area contributed by atoms with Crippen molar-refractivity contribution in [2.24, 2.45) is 5.73 Å². The van der Waals surface area contributed by atoms with Gasteiger partial charge in [0.25, 0.3) is 0 Å². The average Bonchev–Trinajstić information content (AvgIpc) is 2.17. The van der Waals surface area contributed by atoms with Crippen LogP contribution in [0.15, 0.2) is 12.2 Å². The van der Waals surface area contributed by atoms with Gasteiger partial charge in [0.15, 0.2) is 0 Å². The predicted molar refractivity (Wildman–Crippen MR) is 57.5 cm³/mol. The van der Waals surface area contributed by atoms with Crippen molar-refractivity contribution in [3.63, 3.8) is 0 Å². The van der Waals surface area contributed by atoms with Gasteiger partial charge in [-0.3, -0.25) is 4.79 Å². The van der Waals surface area contributed by atoms with E-state index in [9.17, 15) is 4.79 Å². The summed E-state index contributed by atoms with van der Waals surface area (Å²) >= 11 is 0. The van der Waals surface area contributed by atoms with Crippen molar-refractivity contribution < 1.29 is 4.79 Å². The molecular formula is C10H22N2O. The Morgan fingerprint density at radius 1 is 1.46 bits per heavy atom. The second-order valence-electron chi connectivity index (χ2n) is 2.40. The van der Waals surface area contributed by atoms with Gasteiger partial charge in [0.1, 0.15) is 0 Å². The van der Waals surface area contributed by atoms with E-state index in [1.165, 1.54) is 0 Å². The monoisotopic (exact) mass is 186 g/mol. The number of hydrogen-bond donors (Lipinski definition) is 1. The summed E-state index contributed by atoms with van der Waals surface area (Å²) in [6.45, 7) is 7.20. The fourth-order valence-corrected chi connectivity index (χ4v) is 0.708. The Kier molecular flexibility index (Phi) is 12.6. The molecule has 0 atom stereocenters. The number of hydrogen-bond acceptors (Lipinski definition) is 2. The lowest BCUT2D eigenvalue weighted by atomic mass is 10.4. The lowest BCUT2D eigenvalue weighted by Gasteiger charge is -2.13. The highest BCUT2D eigenvalue weighted by atomic mass is 16.2. The molecule has 0 aromatic heterocycles. The molecule has 0 aromatic rings. The summed E-state index contributed by atoms with van der Waals surface area (Å²) in [6, 6.07) is 0. The predicted octanol–water partition coefficient (Wildman–Crippen LogP) is 1.40. The maximum absolute atomic E-state index is 11.0. The van der Waals surface area contributed by atoms with Crippen LogP contribution >= 0.6 is 0 Å². The number of carbonyl (C=O) groups is 1. The Morgan fingerprint density at radius 2 is 2.00 bits per heavy atom. The number of nitrogens with two attached hydrogens (primary N) is 1. The van der Waals surface area contributed by atoms with E-state index in [0.29, 0.717) is 6.54 Å². The molecule has 0 aromatic carbocycles. The van der Waals surface area contributed by atoms with Gasteiger partial charge in [-0.05, 0) is 26.0 Å². The number of carbonyl (C=O) groups excluding carboxylic acids is 1. The van der Waals surface area contributed by atoms with Gasteiger partial charge >= 0.3 is 0 Å². The zero-order valence-corrected chi connectivity index (χ0v) is 9.21. The minimum atomic E-state index is 0.0425. The molecule has 0 aliphatic heterocycles. The van der Waals surface area contributed by atoms with Crippen molar-refractivity contribution in [2.75, 3.05) is 20.1 Å². The number of nitrogens with zero attached hydrogens (tertiary/aromatic N) is 1. The first-order valence-electron chi connectivity index (χ1n) is 4.80. The van der Waals surface area contributed by atoms with Crippen LogP contribution in [0.25, 0.3) is 0 Å². The van der Waals surface area contributed by atoms with Gasteiger partial charge in [-0.25, -0.2) is 0 Å². The fraction of sp³-hybridized carbons (Fsp3) is 0.700. The molecule has 0 aliphatic carbocycles. The molecule has 0 heterocycles. The Bertz CT molecular complexity index is 144. The Hall–Kier alpha value is -0.830. The van der Waals surface area contributed by atoms with Gasteiger partial charge in [0, 0.05) is 13.6 Å². The molecule has 0 aliphatic rings. The SMILES string of the molecule is C/C=C\C(=O)N(C)CCCN.CC. The molecule has 0 spiro atoms. The molecule has 13 heavy (non-hydrogen) atoms. The Balaban J connectivity index is 0. The number of rotatable bonds is 4. The van der Waals surface area contributed by atoms with E-state index < -0.39 is 0 Å². The first-order chi connectivity index (χ1) is 6.22. The highest BCUT2D eigenvalue weighted by molar-refractivity contribution is 5.87. The summed E-state index contributed by atoms with van der Waals surface area (Å²) in [5.74, 6) is 0.0425. The number of amides is 1. The van der Waals surface area contributed by atoms with Crippen LogP contribution in [-0.2, 0) is 4.79 Å². The van der Waals surface area contributed by atoms with E-state index in [1.807, 2.05) is 20.8 Å². The topological polar surface area (TPSA) is 46.3 Å². The molecule has 1 amide bonds. The van der Waals surface area contributed by atoms with Crippen LogP contribution in [0.4, 0.5) is 0 Å². The minimum Gasteiger partial charge on any atom is -0.342 e. The summed E-state index contributed by atoms with van der Waals surface area (Å²) in [4.78, 5) is 12.7. The lowest BCUT2D eigenvalue weighted by Crippen LogP contribution is -2.27. The lowest BCUT2D eigenvalue weighted by molar-refractivity contribution is -0.124. The summed E-state index contributed by atoms with van der Waals surface area (Å²) < 4.78 is 0. The van der Waals surface area contributed by atoms with Crippen LogP contribution in [0.3, 0.4) is 0 Å². The van der Waals surface area contributed by atoms with Crippen LogP contribution in [0.2, 0.25) is 0 Å². The molecule has 78 valence electrons. The van der Waals surface area contributed by atoms with E-state index in [2.05, 4.69) is 0 Å². The van der Waals surface area contributed by atoms with Crippen molar-refractivity contribution in [1.29, 1.82) is 0 Å². The summed E-state index contributed by atoms with van der Waals surface area (Å²) in [6.07, 6.45) is 4.15. The van der Waals surface area contributed by atoms with Gasteiger partial charge in [0.05, 0.1) is 0 Å². The fourth-order valence-electron chi connectivity index (χ4n) is 0.708. The molecule has 0 unspecified atom stereocenters. The van der Waals surface area contributed by atoms with E-state index >= 15 is 0 Å². The number of allylic oxidation sites excluding steroid dienone is 1. The normalized spacial score (nSPS) is 9.31. The molecule has 0 radical (unpaired) electrons. The molecule has 3 nitrogen and oxygen atoms in total. The maximum Gasteiger partial charge on any atom is 0.245 e. The van der Waals surface area contributed by atoms with Crippen LogP contribution in [0.1, 0.15) is 27.2 Å². The average molecular weight is 186 g/mol. The second-order valence-corrected chi connectivity index (χ2v) is 2.40. The molecule has 0 saturated carbocycles. The third kappa shape index (κ3) is 9.08. The quantitative estimate of drug-likeness (QED) is 0.674. The highest BCUT2D eigenvalue weighted by Crippen LogP contribution is 1.88. The van der Waals surface area contributed by atoms with Crippen molar-refractivity contribution >= 4 is 5.91 Å². The largest absolute Gasteiger partial charge is 0.342 e. The molecule has 0 fully saturated rings. The molecule has 0 rings (SSSR count). The van der Waals surface area contributed by atoms with E-state index in [-0.39, 0.29) is 5.91 Å². The smallest absolute Gasteiger partial charge is 0.245 e. The van der Waals surface area contributed by atoms with Gasteiger partial charge in [-0.1, -0.05) is 19.9 Å². The molecule has 0 bridgehead atoms. The Morgan fingerprint density at radius 3 is 2.38 bits per heavy atom. The van der Waals surface area contributed by atoms with Gasteiger partial charge in [0.2, 0.25) is 5.91 Å². The Labute approximate surface area is 81.6 Å². The maximum atomic E-state index is 11.0. The van der Waals surface area contributed by atoms with E-state index in [4.69, 9.17) is 5.73 Å². The van der Waals surface area contributed by atoms with Gasteiger partial charge < -0.3 is 10.6 Å². The van der Waals surface area contributed by atoms with Crippen molar-refractivity contribution in [3.8, 4) is 0 Å². The summed E-state index contributed by atoms with van der Waals surface area (Å²) in [7, 11) is 1.78. The van der Waals surface area contributed by atoms with Crippen LogP contribution in [0, 0.1) is 0 Å². The molecule has 0 saturated heterocycles. The summed E-state index contributed by atoms with van der Waals surface area (Å²) in [5, 5.41) is 0. The molecule has 2 N–H and O–H groups in total. The van der Waals surface area contributed by atoms with Crippen LogP contribution in [0.5, 0.6) is 0 Å². The molecule has 3 heteroatoms. The van der Waals surface area contributed by atoms with Gasteiger partial charge in [-0.2, -0.15) is 0 Å². The zero-order valence-electron chi connectivity index (χ0n) is 9.21. The zero-order chi connectivity index (χ0) is 10.7. The van der Waals surface area contributed by atoms with Crippen LogP contribution in [-0.4, -0.2) is 30.9 Å². The third-order valence-corrected chi connectivity index (χ3v) is 1.38. The highest BCUT2D eigenvalue weighted by Gasteiger charge is 2.01. The first kappa shape index (κ1) is 14.7. The second kappa shape index (κ2) is 11.2. The standard InChI is InChI=1S/C8H16N2O.C2H6/c1-3-5-8(11)10(2)7-4-6-9;1-2/h3,5H,4,6-7,9H2,1-2H3;1-2H3/b5-3-;. The van der Waals surface area contributed by atoms with Crippen molar-refractivity contribution in [2.45, 2.75) is 27.2 Å². The number of likely N-dealkylation sites (N-methyl/N-ethyl adjacent to an activating group) is 1. The molecular weight excluding hydrogens is 164 g/mol. The van der Waals surface area contributed by atoms with Crippen molar-refractivity contribution in [3.05, 3.63) is 12.2 Å². The minimum absolute atomic E-state index is 0.0425. The van der Waals surface area contributed by atoms with Gasteiger partial charge in [-0.15, -0.1) is 0 Å². The first-order valence-corrected chi connectivity index (χ1v) is 4.80. The van der Waals surface area contributed by atoms with E-state index in [0.717, 1.165) is 13.0 Å². The third-order valence-electron chi connectivity index (χ3n) is 1.38. The summed E-state index contributed by atoms with van der Waals surface area (Å²) in [5.41, 5.74) is 5.29. The van der Waals surface area contributed by atoms with Crippen molar-refractivity contribution in [1.82, 2.24) is 4.90 Å². The van der Waals surface area contributed by atoms with Crippen LogP contribution < -0.4 is 5.73 Å².